The first kappa shape index (κ1) is 15.0. The summed E-state index contributed by atoms with van der Waals surface area (Å²) in [4.78, 5) is 11.6. The molecular formula is C19H22O3. The van der Waals surface area contributed by atoms with Crippen LogP contribution >= 0.6 is 0 Å². The third-order valence-corrected chi connectivity index (χ3v) is 4.46. The quantitative estimate of drug-likeness (QED) is 0.865. The number of aliphatic hydroxyl groups is 1. The molecule has 1 saturated heterocycles. The average Bonchev–Trinajstić information content (AvgIpc) is 2.54. The Labute approximate surface area is 131 Å². The zero-order valence-corrected chi connectivity index (χ0v) is 12.8. The monoisotopic (exact) mass is 298 g/mol. The zero-order chi connectivity index (χ0) is 15.5. The molecule has 1 aromatic rings. The fraction of sp³-hybridized carbons (Fsp3) is 0.421. The van der Waals surface area contributed by atoms with E-state index in [2.05, 4.69) is 18.7 Å². The van der Waals surface area contributed by atoms with Crippen molar-refractivity contribution in [1.29, 1.82) is 0 Å². The van der Waals surface area contributed by atoms with E-state index in [-0.39, 0.29) is 12.4 Å². The molecule has 0 aromatic heterocycles. The number of carbonyl (C=O) groups excluding carboxylic acids is 1. The molecule has 0 amide bonds. The van der Waals surface area contributed by atoms with Crippen molar-refractivity contribution in [3.63, 3.8) is 0 Å². The van der Waals surface area contributed by atoms with Crippen LogP contribution in [0.3, 0.4) is 0 Å². The molecule has 0 spiro atoms. The van der Waals surface area contributed by atoms with E-state index in [1.807, 2.05) is 18.2 Å². The summed E-state index contributed by atoms with van der Waals surface area (Å²) in [6, 6.07) is 8.15. The molecule has 3 heteroatoms. The smallest absolute Gasteiger partial charge is 0.309 e. The van der Waals surface area contributed by atoms with Gasteiger partial charge in [0.2, 0.25) is 0 Å². The molecule has 22 heavy (non-hydrogen) atoms. The van der Waals surface area contributed by atoms with Gasteiger partial charge in [-0.2, -0.15) is 0 Å². The van der Waals surface area contributed by atoms with Gasteiger partial charge in [0.15, 0.2) is 0 Å². The summed E-state index contributed by atoms with van der Waals surface area (Å²) >= 11 is 0. The largest absolute Gasteiger partial charge is 0.457 e. The number of aliphatic hydroxyl groups excluding tert-OH is 1. The highest BCUT2D eigenvalue weighted by atomic mass is 16.5. The number of esters is 1. The summed E-state index contributed by atoms with van der Waals surface area (Å²) in [5.41, 5.74) is 4.35. The molecule has 1 aliphatic carbocycles. The molecule has 0 saturated carbocycles. The Kier molecular flexibility index (Phi) is 4.44. The highest BCUT2D eigenvalue weighted by Crippen LogP contribution is 2.35. The van der Waals surface area contributed by atoms with Crippen LogP contribution in [-0.4, -0.2) is 23.3 Å². The van der Waals surface area contributed by atoms with E-state index in [1.54, 1.807) is 0 Å². The Bertz CT molecular complexity index is 615. The van der Waals surface area contributed by atoms with Crippen LogP contribution in [0.25, 0.3) is 11.1 Å². The van der Waals surface area contributed by atoms with E-state index in [0.29, 0.717) is 6.42 Å². The molecule has 2 aliphatic rings. The van der Waals surface area contributed by atoms with Gasteiger partial charge in [0.05, 0.1) is 12.5 Å². The predicted molar refractivity (Wildman–Crippen MR) is 87.0 cm³/mol. The van der Waals surface area contributed by atoms with E-state index >= 15 is 0 Å². The van der Waals surface area contributed by atoms with Crippen molar-refractivity contribution < 1.29 is 14.6 Å². The third kappa shape index (κ3) is 3.14. The lowest BCUT2D eigenvalue weighted by atomic mass is 9.86. The molecule has 0 radical (unpaired) electrons. The van der Waals surface area contributed by atoms with Gasteiger partial charge >= 0.3 is 5.97 Å². The van der Waals surface area contributed by atoms with Crippen molar-refractivity contribution in [2.45, 2.75) is 50.7 Å². The SMILES string of the molecule is C=C(c1ccccc1C1=CCCCC1)C1CC(O)CC(=O)O1. The molecule has 3 rings (SSSR count). The standard InChI is InChI=1S/C19H22O3/c1-13(18-11-15(20)12-19(21)22-18)16-9-5-6-10-17(16)14-7-3-2-4-8-14/h5-7,9-10,15,18,20H,1-4,8,11-12H2. The van der Waals surface area contributed by atoms with Crippen LogP contribution in [0.4, 0.5) is 0 Å². The van der Waals surface area contributed by atoms with Gasteiger partial charge in [-0.15, -0.1) is 0 Å². The number of ether oxygens (including phenoxy) is 1. The van der Waals surface area contributed by atoms with Crippen molar-refractivity contribution in [2.24, 2.45) is 0 Å². The van der Waals surface area contributed by atoms with Gasteiger partial charge < -0.3 is 9.84 Å². The third-order valence-electron chi connectivity index (χ3n) is 4.46. The van der Waals surface area contributed by atoms with Crippen molar-refractivity contribution in [3.05, 3.63) is 48.0 Å². The minimum absolute atomic E-state index is 0.0799. The summed E-state index contributed by atoms with van der Waals surface area (Å²) < 4.78 is 5.40. The van der Waals surface area contributed by atoms with Gasteiger partial charge in [0.25, 0.3) is 0 Å². The molecule has 1 heterocycles. The van der Waals surface area contributed by atoms with Gasteiger partial charge in [-0.3, -0.25) is 4.79 Å². The normalized spacial score (nSPS) is 25.3. The average molecular weight is 298 g/mol. The second kappa shape index (κ2) is 6.49. The summed E-state index contributed by atoms with van der Waals surface area (Å²) in [6.45, 7) is 4.16. The molecule has 2 atom stereocenters. The predicted octanol–water partition coefficient (Wildman–Crippen LogP) is 3.72. The molecule has 2 unspecified atom stereocenters. The van der Waals surface area contributed by atoms with Crippen molar-refractivity contribution >= 4 is 17.1 Å². The topological polar surface area (TPSA) is 46.5 Å². The van der Waals surface area contributed by atoms with E-state index in [4.69, 9.17) is 4.74 Å². The molecule has 3 nitrogen and oxygen atoms in total. The van der Waals surface area contributed by atoms with Crippen LogP contribution in [0.15, 0.2) is 36.9 Å². The summed E-state index contributed by atoms with van der Waals surface area (Å²) in [6.07, 6.45) is 6.41. The molecule has 1 aliphatic heterocycles. The van der Waals surface area contributed by atoms with E-state index in [1.165, 1.54) is 24.0 Å². The Hall–Kier alpha value is -1.87. The molecule has 1 N–H and O–H groups in total. The summed E-state index contributed by atoms with van der Waals surface area (Å²) in [5.74, 6) is -0.348. The van der Waals surface area contributed by atoms with E-state index < -0.39 is 12.2 Å². The molecule has 1 aromatic carbocycles. The summed E-state index contributed by atoms with van der Waals surface area (Å²) in [7, 11) is 0. The number of cyclic esters (lactones) is 1. The first-order valence-corrected chi connectivity index (χ1v) is 8.00. The molecular weight excluding hydrogens is 276 g/mol. The maximum Gasteiger partial charge on any atom is 0.309 e. The first-order valence-electron chi connectivity index (χ1n) is 8.00. The van der Waals surface area contributed by atoms with Gasteiger partial charge in [0.1, 0.15) is 6.10 Å². The minimum Gasteiger partial charge on any atom is -0.457 e. The number of benzene rings is 1. The lowest BCUT2D eigenvalue weighted by Crippen LogP contribution is -2.33. The fourth-order valence-corrected chi connectivity index (χ4v) is 3.29. The molecule has 1 fully saturated rings. The lowest BCUT2D eigenvalue weighted by Gasteiger charge is -2.29. The molecule has 0 bridgehead atoms. The number of rotatable bonds is 3. The van der Waals surface area contributed by atoms with E-state index in [9.17, 15) is 9.90 Å². The summed E-state index contributed by atoms with van der Waals surface area (Å²) in [5, 5.41) is 9.81. The second-order valence-electron chi connectivity index (χ2n) is 6.12. The van der Waals surface area contributed by atoms with Crippen LogP contribution in [-0.2, 0) is 9.53 Å². The van der Waals surface area contributed by atoms with Crippen molar-refractivity contribution in [2.75, 3.05) is 0 Å². The Morgan fingerprint density at radius 3 is 2.82 bits per heavy atom. The van der Waals surface area contributed by atoms with Crippen LogP contribution in [0.1, 0.15) is 49.7 Å². The lowest BCUT2D eigenvalue weighted by molar-refractivity contribution is -0.155. The highest BCUT2D eigenvalue weighted by molar-refractivity contribution is 5.82. The number of hydrogen-bond donors (Lipinski definition) is 1. The second-order valence-corrected chi connectivity index (χ2v) is 6.12. The first-order chi connectivity index (χ1) is 10.6. The Morgan fingerprint density at radius 2 is 2.09 bits per heavy atom. The fourth-order valence-electron chi connectivity index (χ4n) is 3.29. The van der Waals surface area contributed by atoms with Crippen molar-refractivity contribution in [1.82, 2.24) is 0 Å². The maximum atomic E-state index is 11.6. The number of carbonyl (C=O) groups is 1. The number of allylic oxidation sites excluding steroid dienone is 2. The van der Waals surface area contributed by atoms with Crippen molar-refractivity contribution in [3.8, 4) is 0 Å². The minimum atomic E-state index is -0.635. The van der Waals surface area contributed by atoms with Gasteiger partial charge in [-0.1, -0.05) is 36.9 Å². The van der Waals surface area contributed by atoms with Gasteiger partial charge in [-0.05, 0) is 48.0 Å². The number of hydrogen-bond acceptors (Lipinski definition) is 3. The van der Waals surface area contributed by atoms with Gasteiger partial charge in [0, 0.05) is 6.42 Å². The van der Waals surface area contributed by atoms with Gasteiger partial charge in [-0.25, -0.2) is 0 Å². The van der Waals surface area contributed by atoms with Crippen LogP contribution in [0.5, 0.6) is 0 Å². The maximum absolute atomic E-state index is 11.6. The Morgan fingerprint density at radius 1 is 1.27 bits per heavy atom. The van der Waals surface area contributed by atoms with Crippen LogP contribution in [0.2, 0.25) is 0 Å². The van der Waals surface area contributed by atoms with Crippen LogP contribution < -0.4 is 0 Å². The zero-order valence-electron chi connectivity index (χ0n) is 12.8. The van der Waals surface area contributed by atoms with Crippen LogP contribution in [0, 0.1) is 0 Å². The highest BCUT2D eigenvalue weighted by Gasteiger charge is 2.30. The Balaban J connectivity index is 1.89. The molecule has 116 valence electrons. The van der Waals surface area contributed by atoms with E-state index in [0.717, 1.165) is 24.0 Å².